The van der Waals surface area contributed by atoms with Gasteiger partial charge in [0.05, 0.1) is 23.1 Å². The van der Waals surface area contributed by atoms with Crippen LogP contribution in [0.5, 0.6) is 0 Å². The summed E-state index contributed by atoms with van der Waals surface area (Å²) >= 11 is 6.19. The van der Waals surface area contributed by atoms with Gasteiger partial charge in [-0.25, -0.2) is 19.3 Å². The average Bonchev–Trinajstić information content (AvgIpc) is 2.80. The van der Waals surface area contributed by atoms with Gasteiger partial charge in [0, 0.05) is 6.20 Å². The maximum absolute atomic E-state index is 13.9. The van der Waals surface area contributed by atoms with Gasteiger partial charge in [0.2, 0.25) is 0 Å². The fourth-order valence-electron chi connectivity index (χ4n) is 2.36. The molecular weight excluding hydrogens is 291 g/mol. The minimum Gasteiger partial charge on any atom is -0.321 e. The van der Waals surface area contributed by atoms with Gasteiger partial charge in [-0.05, 0) is 32.0 Å². The average molecular weight is 305 g/mol. The summed E-state index contributed by atoms with van der Waals surface area (Å²) in [5.74, 6) is 0.986. The number of imidazole rings is 1. The number of benzene rings is 1. The van der Waals surface area contributed by atoms with Crippen molar-refractivity contribution in [3.05, 3.63) is 53.6 Å². The Morgan fingerprint density at radius 3 is 2.81 bits per heavy atom. The molecule has 1 unspecified atom stereocenters. The number of hydrogen-bond donors (Lipinski definition) is 0. The lowest BCUT2D eigenvalue weighted by Gasteiger charge is -2.10. The molecular formula is C15H14ClFN4. The quantitative estimate of drug-likeness (QED) is 0.694. The van der Waals surface area contributed by atoms with Crippen molar-refractivity contribution in [2.24, 2.45) is 0 Å². The lowest BCUT2D eigenvalue weighted by Crippen LogP contribution is -2.08. The zero-order chi connectivity index (χ0) is 15.0. The molecule has 0 aliphatic carbocycles. The number of rotatable bonds is 3. The molecule has 2 aromatic heterocycles. The van der Waals surface area contributed by atoms with E-state index in [0.717, 1.165) is 5.69 Å². The largest absolute Gasteiger partial charge is 0.321 e. The molecule has 0 fully saturated rings. The third kappa shape index (κ3) is 2.61. The van der Waals surface area contributed by atoms with Crippen molar-refractivity contribution < 1.29 is 4.39 Å². The predicted octanol–water partition coefficient (Wildman–Crippen LogP) is 3.62. The first-order valence-corrected chi connectivity index (χ1v) is 7.07. The Bertz CT molecular complexity index is 797. The number of para-hydroxylation sites is 1. The number of halogens is 2. The number of fused-ring (bicyclic) bond motifs is 1. The van der Waals surface area contributed by atoms with Crippen molar-refractivity contribution in [2.45, 2.75) is 25.8 Å². The molecule has 3 rings (SSSR count). The minimum absolute atomic E-state index is 0.320. The summed E-state index contributed by atoms with van der Waals surface area (Å²) in [4.78, 5) is 12.8. The van der Waals surface area contributed by atoms with Gasteiger partial charge in [-0.3, -0.25) is 0 Å². The minimum atomic E-state index is -0.344. The van der Waals surface area contributed by atoms with E-state index in [0.29, 0.717) is 29.2 Å². The summed E-state index contributed by atoms with van der Waals surface area (Å²) in [5, 5.41) is -0.320. The fraction of sp³-hybridized carbons (Fsp3) is 0.267. The van der Waals surface area contributed by atoms with Crippen LogP contribution in [0.15, 0.2) is 30.5 Å². The fourth-order valence-corrected chi connectivity index (χ4v) is 2.52. The molecule has 1 atom stereocenters. The third-order valence-corrected chi connectivity index (χ3v) is 3.46. The Morgan fingerprint density at radius 2 is 2.10 bits per heavy atom. The van der Waals surface area contributed by atoms with Crippen LogP contribution >= 0.6 is 11.6 Å². The molecule has 0 amide bonds. The van der Waals surface area contributed by atoms with E-state index in [4.69, 9.17) is 11.6 Å². The molecule has 0 saturated carbocycles. The van der Waals surface area contributed by atoms with Crippen molar-refractivity contribution in [3.63, 3.8) is 0 Å². The lowest BCUT2D eigenvalue weighted by molar-refractivity contribution is 0.637. The van der Waals surface area contributed by atoms with Crippen LogP contribution < -0.4 is 0 Å². The van der Waals surface area contributed by atoms with E-state index < -0.39 is 0 Å². The number of hydrogen-bond acceptors (Lipinski definition) is 3. The zero-order valence-corrected chi connectivity index (χ0v) is 12.5. The summed E-state index contributed by atoms with van der Waals surface area (Å²) in [6, 6.07) is 6.74. The number of nitrogens with zero attached hydrogens (tertiary/aromatic N) is 4. The van der Waals surface area contributed by atoms with Crippen LogP contribution in [0.25, 0.3) is 11.0 Å². The van der Waals surface area contributed by atoms with Gasteiger partial charge < -0.3 is 4.57 Å². The molecule has 4 nitrogen and oxygen atoms in total. The SMILES string of the molecule is Cc1nccc(Cn2c(C(C)Cl)nc3c(F)cccc32)n1. The van der Waals surface area contributed by atoms with Crippen LogP contribution in [0, 0.1) is 12.7 Å². The van der Waals surface area contributed by atoms with E-state index in [2.05, 4.69) is 15.0 Å². The van der Waals surface area contributed by atoms with Gasteiger partial charge in [0.25, 0.3) is 0 Å². The standard InChI is InChI=1S/C15H14ClFN4/c1-9(16)15-20-14-12(17)4-3-5-13(14)21(15)8-11-6-7-18-10(2)19-11/h3-7,9H,8H2,1-2H3. The molecule has 3 aromatic rings. The summed E-state index contributed by atoms with van der Waals surface area (Å²) < 4.78 is 15.8. The molecule has 0 aliphatic rings. The van der Waals surface area contributed by atoms with Crippen molar-refractivity contribution in [3.8, 4) is 0 Å². The van der Waals surface area contributed by atoms with E-state index in [9.17, 15) is 4.39 Å². The second-order valence-electron chi connectivity index (χ2n) is 4.87. The van der Waals surface area contributed by atoms with E-state index in [-0.39, 0.29) is 11.2 Å². The van der Waals surface area contributed by atoms with Crippen LogP contribution in [0.4, 0.5) is 4.39 Å². The Morgan fingerprint density at radius 1 is 1.29 bits per heavy atom. The Balaban J connectivity index is 2.16. The van der Waals surface area contributed by atoms with E-state index >= 15 is 0 Å². The molecule has 0 radical (unpaired) electrons. The van der Waals surface area contributed by atoms with Crippen LogP contribution in [0.1, 0.15) is 29.6 Å². The van der Waals surface area contributed by atoms with Crippen LogP contribution in [-0.4, -0.2) is 19.5 Å². The summed E-state index contributed by atoms with van der Waals surface area (Å²) in [5.41, 5.74) is 1.89. The molecule has 0 aliphatic heterocycles. The maximum Gasteiger partial charge on any atom is 0.151 e. The van der Waals surface area contributed by atoms with Crippen molar-refractivity contribution in [2.75, 3.05) is 0 Å². The van der Waals surface area contributed by atoms with Crippen molar-refractivity contribution >= 4 is 22.6 Å². The number of alkyl halides is 1. The van der Waals surface area contributed by atoms with Gasteiger partial charge in [-0.15, -0.1) is 11.6 Å². The first-order valence-electron chi connectivity index (χ1n) is 6.63. The number of aromatic nitrogens is 4. The topological polar surface area (TPSA) is 43.6 Å². The van der Waals surface area contributed by atoms with Crippen LogP contribution in [0.2, 0.25) is 0 Å². The first kappa shape index (κ1) is 13.9. The van der Waals surface area contributed by atoms with Crippen LogP contribution in [0.3, 0.4) is 0 Å². The predicted molar refractivity (Wildman–Crippen MR) is 79.8 cm³/mol. The highest BCUT2D eigenvalue weighted by molar-refractivity contribution is 6.20. The molecule has 21 heavy (non-hydrogen) atoms. The normalized spacial score (nSPS) is 12.8. The monoisotopic (exact) mass is 304 g/mol. The molecule has 6 heteroatoms. The number of aryl methyl sites for hydroxylation is 1. The van der Waals surface area contributed by atoms with Gasteiger partial charge in [0.15, 0.2) is 5.82 Å². The van der Waals surface area contributed by atoms with E-state index in [1.54, 1.807) is 12.3 Å². The van der Waals surface area contributed by atoms with Gasteiger partial charge in [-0.1, -0.05) is 6.07 Å². The second-order valence-corrected chi connectivity index (χ2v) is 5.53. The smallest absolute Gasteiger partial charge is 0.151 e. The maximum atomic E-state index is 13.9. The highest BCUT2D eigenvalue weighted by atomic mass is 35.5. The van der Waals surface area contributed by atoms with Crippen molar-refractivity contribution in [1.82, 2.24) is 19.5 Å². The zero-order valence-electron chi connectivity index (χ0n) is 11.7. The molecule has 0 bridgehead atoms. The molecule has 1 aromatic carbocycles. The lowest BCUT2D eigenvalue weighted by atomic mass is 10.3. The van der Waals surface area contributed by atoms with E-state index in [1.807, 2.05) is 30.5 Å². The van der Waals surface area contributed by atoms with E-state index in [1.165, 1.54) is 6.07 Å². The Kier molecular flexibility index (Phi) is 3.59. The van der Waals surface area contributed by atoms with Crippen molar-refractivity contribution in [1.29, 1.82) is 0 Å². The summed E-state index contributed by atoms with van der Waals surface area (Å²) in [6.07, 6.45) is 1.71. The Hall–Kier alpha value is -2.01. The van der Waals surface area contributed by atoms with Gasteiger partial charge >= 0.3 is 0 Å². The summed E-state index contributed by atoms with van der Waals surface area (Å²) in [6.45, 7) is 4.14. The molecule has 0 spiro atoms. The van der Waals surface area contributed by atoms with Gasteiger partial charge in [-0.2, -0.15) is 0 Å². The molecule has 0 saturated heterocycles. The molecule has 0 N–H and O–H groups in total. The highest BCUT2D eigenvalue weighted by Crippen LogP contribution is 2.26. The van der Waals surface area contributed by atoms with Crippen LogP contribution in [-0.2, 0) is 6.54 Å². The first-order chi connectivity index (χ1) is 10.1. The highest BCUT2D eigenvalue weighted by Gasteiger charge is 2.17. The second kappa shape index (κ2) is 5.41. The third-order valence-electron chi connectivity index (χ3n) is 3.27. The summed E-state index contributed by atoms with van der Waals surface area (Å²) in [7, 11) is 0. The molecule has 2 heterocycles. The van der Waals surface area contributed by atoms with Gasteiger partial charge in [0.1, 0.15) is 17.2 Å². The Labute approximate surface area is 126 Å². The molecule has 108 valence electrons.